The highest BCUT2D eigenvalue weighted by atomic mass is 16.6. The van der Waals surface area contributed by atoms with E-state index in [0.717, 1.165) is 42.4 Å². The molecule has 8 nitrogen and oxygen atoms in total. The van der Waals surface area contributed by atoms with Crippen molar-refractivity contribution in [3.63, 3.8) is 0 Å². The summed E-state index contributed by atoms with van der Waals surface area (Å²) in [5.74, 6) is -0.551. The van der Waals surface area contributed by atoms with Gasteiger partial charge in [-0.2, -0.15) is 0 Å². The standard InChI is InChI=1S/C16H18N2O4.C6H8N.C3H8O.C2H6/c1-2-18-14-4-3-11(16(21)22-10-20)7-12(14)13-8-17(9-19)6-5-15(13)18;1-7-5-3-2-4-6-7;1-3-4-2;1-2/h3-4,7,9,20H,2,5-6,8,10H2,1H3;2-6H,1H3;3H2,1-2H3;1-2H3/q;+1;;. The molecular weight excluding hydrogens is 446 g/mol. The van der Waals surface area contributed by atoms with Gasteiger partial charge in [-0.25, -0.2) is 9.36 Å². The Morgan fingerprint density at radius 1 is 1.17 bits per heavy atom. The number of aryl methyl sites for hydroxylation is 2. The molecule has 0 aliphatic carbocycles. The van der Waals surface area contributed by atoms with E-state index < -0.39 is 12.8 Å². The van der Waals surface area contributed by atoms with Crippen LogP contribution in [0, 0.1) is 0 Å². The highest BCUT2D eigenvalue weighted by molar-refractivity contribution is 5.96. The summed E-state index contributed by atoms with van der Waals surface area (Å²) in [5, 5.41) is 9.69. The number of esters is 1. The van der Waals surface area contributed by atoms with Crippen molar-refractivity contribution in [2.24, 2.45) is 7.05 Å². The van der Waals surface area contributed by atoms with Crippen molar-refractivity contribution in [3.05, 3.63) is 65.6 Å². The first-order valence-electron chi connectivity index (χ1n) is 12.0. The zero-order valence-corrected chi connectivity index (χ0v) is 21.9. The van der Waals surface area contributed by atoms with Crippen molar-refractivity contribution in [2.75, 3.05) is 27.1 Å². The van der Waals surface area contributed by atoms with Crippen molar-refractivity contribution >= 4 is 23.3 Å². The third-order valence-electron chi connectivity index (χ3n) is 5.33. The van der Waals surface area contributed by atoms with Crippen LogP contribution in [0.4, 0.5) is 0 Å². The van der Waals surface area contributed by atoms with Gasteiger partial charge in [-0.1, -0.05) is 19.9 Å². The van der Waals surface area contributed by atoms with Crippen LogP contribution in [0.2, 0.25) is 0 Å². The molecule has 0 saturated carbocycles. The molecule has 1 amide bonds. The molecule has 0 bridgehead atoms. The average molecular weight is 487 g/mol. The summed E-state index contributed by atoms with van der Waals surface area (Å²) >= 11 is 0. The lowest BCUT2D eigenvalue weighted by Crippen LogP contribution is -2.29. The number of pyridine rings is 1. The second kappa shape index (κ2) is 16.4. The number of hydrogen-bond donors (Lipinski definition) is 1. The fraction of sp³-hybridized carbons (Fsp3) is 0.444. The second-order valence-electron chi connectivity index (χ2n) is 7.41. The lowest BCUT2D eigenvalue weighted by atomic mass is 10.0. The number of nitrogens with zero attached hydrogens (tertiary/aromatic N) is 3. The fourth-order valence-corrected chi connectivity index (χ4v) is 3.68. The van der Waals surface area contributed by atoms with Crippen LogP contribution in [0.3, 0.4) is 0 Å². The quantitative estimate of drug-likeness (QED) is 0.258. The van der Waals surface area contributed by atoms with Crippen molar-refractivity contribution in [1.82, 2.24) is 9.47 Å². The molecule has 0 unspecified atom stereocenters. The molecule has 0 fully saturated rings. The Hall–Kier alpha value is -3.23. The number of methoxy groups -OCH3 is 1. The summed E-state index contributed by atoms with van der Waals surface area (Å²) in [4.78, 5) is 24.6. The maximum Gasteiger partial charge on any atom is 0.340 e. The number of ether oxygens (including phenoxy) is 2. The smallest absolute Gasteiger partial charge is 0.340 e. The molecule has 1 aliphatic heterocycles. The Labute approximate surface area is 208 Å². The Balaban J connectivity index is 0.000000389. The van der Waals surface area contributed by atoms with Gasteiger partial charge >= 0.3 is 5.97 Å². The topological polar surface area (TPSA) is 84.9 Å². The van der Waals surface area contributed by atoms with E-state index in [-0.39, 0.29) is 0 Å². The normalized spacial score (nSPS) is 11.6. The number of carbonyl (C=O) groups is 2. The van der Waals surface area contributed by atoms with Crippen LogP contribution in [-0.4, -0.2) is 54.0 Å². The van der Waals surface area contributed by atoms with E-state index >= 15 is 0 Å². The molecule has 1 aliphatic rings. The van der Waals surface area contributed by atoms with Crippen molar-refractivity contribution in [1.29, 1.82) is 0 Å². The summed E-state index contributed by atoms with van der Waals surface area (Å²) in [5.41, 5.74) is 3.78. The number of aliphatic hydroxyl groups is 1. The summed E-state index contributed by atoms with van der Waals surface area (Å²) in [6.07, 6.45) is 5.68. The van der Waals surface area contributed by atoms with Gasteiger partial charge in [0.1, 0.15) is 7.05 Å². The van der Waals surface area contributed by atoms with E-state index in [1.165, 1.54) is 5.69 Å². The van der Waals surface area contributed by atoms with Crippen LogP contribution >= 0.6 is 0 Å². The summed E-state index contributed by atoms with van der Waals surface area (Å²) in [7, 11) is 3.68. The third kappa shape index (κ3) is 8.49. The lowest BCUT2D eigenvalue weighted by molar-refractivity contribution is -0.671. The number of benzene rings is 1. The first-order chi connectivity index (χ1) is 17.0. The highest BCUT2D eigenvalue weighted by Crippen LogP contribution is 2.31. The molecule has 4 rings (SSSR count). The first-order valence-corrected chi connectivity index (χ1v) is 12.0. The van der Waals surface area contributed by atoms with Gasteiger partial charge < -0.3 is 24.0 Å². The third-order valence-corrected chi connectivity index (χ3v) is 5.33. The van der Waals surface area contributed by atoms with E-state index in [2.05, 4.69) is 21.0 Å². The molecule has 1 aromatic carbocycles. The Morgan fingerprint density at radius 3 is 2.31 bits per heavy atom. The molecule has 0 radical (unpaired) electrons. The first kappa shape index (κ1) is 29.8. The second-order valence-corrected chi connectivity index (χ2v) is 7.41. The predicted molar refractivity (Wildman–Crippen MR) is 137 cm³/mol. The SMILES string of the molecule is CC.CCOC.CCn1c2c(c3cc(C(=O)OCO)ccc31)CN(C=O)CC2.C[n+]1ccccc1. The van der Waals surface area contributed by atoms with Gasteiger partial charge in [0.2, 0.25) is 6.41 Å². The van der Waals surface area contributed by atoms with Crippen LogP contribution < -0.4 is 4.57 Å². The number of aliphatic hydroxyl groups excluding tert-OH is 1. The molecule has 35 heavy (non-hydrogen) atoms. The summed E-state index contributed by atoms with van der Waals surface area (Å²) < 4.78 is 13.4. The predicted octanol–water partition coefficient (Wildman–Crippen LogP) is 3.47. The van der Waals surface area contributed by atoms with Crippen LogP contribution in [0.15, 0.2) is 48.8 Å². The number of amides is 1. The van der Waals surface area contributed by atoms with Gasteiger partial charge in [0.05, 0.1) is 5.56 Å². The zero-order valence-electron chi connectivity index (χ0n) is 21.9. The molecule has 3 heterocycles. The molecule has 0 atom stereocenters. The number of rotatable bonds is 5. The molecule has 1 N–H and O–H groups in total. The summed E-state index contributed by atoms with van der Waals surface area (Å²) in [6, 6.07) is 11.4. The van der Waals surface area contributed by atoms with E-state index in [0.29, 0.717) is 18.7 Å². The van der Waals surface area contributed by atoms with Gasteiger partial charge in [0, 0.05) is 74.1 Å². The van der Waals surface area contributed by atoms with E-state index in [4.69, 9.17) is 5.11 Å². The van der Waals surface area contributed by atoms with Crippen LogP contribution in [0.1, 0.15) is 49.3 Å². The van der Waals surface area contributed by atoms with Crippen LogP contribution in [0.25, 0.3) is 10.9 Å². The monoisotopic (exact) mass is 486 g/mol. The largest absolute Gasteiger partial charge is 0.435 e. The zero-order chi connectivity index (χ0) is 26.2. The van der Waals surface area contributed by atoms with Crippen molar-refractivity contribution in [3.8, 4) is 0 Å². The highest BCUT2D eigenvalue weighted by Gasteiger charge is 2.23. The molecule has 3 aromatic rings. The fourth-order valence-electron chi connectivity index (χ4n) is 3.68. The van der Waals surface area contributed by atoms with Gasteiger partial charge in [-0.05, 0) is 32.0 Å². The molecule has 2 aromatic heterocycles. The molecular formula is C27H40N3O5+. The van der Waals surface area contributed by atoms with Crippen LogP contribution in [-0.2, 0) is 40.8 Å². The Bertz CT molecular complexity index is 1030. The van der Waals surface area contributed by atoms with E-state index in [1.807, 2.05) is 69.0 Å². The molecule has 192 valence electrons. The Kier molecular flexibility index (Phi) is 14.0. The lowest BCUT2D eigenvalue weighted by Gasteiger charge is -2.24. The number of aromatic nitrogens is 2. The van der Waals surface area contributed by atoms with Gasteiger partial charge in [0.25, 0.3) is 0 Å². The number of hydrogen-bond acceptors (Lipinski definition) is 5. The Morgan fingerprint density at radius 2 is 1.83 bits per heavy atom. The average Bonchev–Trinajstić information content (AvgIpc) is 3.23. The minimum absolute atomic E-state index is 0.404. The summed E-state index contributed by atoms with van der Waals surface area (Å²) in [6.45, 7) is 10.3. The van der Waals surface area contributed by atoms with Crippen molar-refractivity contribution in [2.45, 2.75) is 47.2 Å². The van der Waals surface area contributed by atoms with Gasteiger partial charge in [-0.15, -0.1) is 0 Å². The maximum absolute atomic E-state index is 11.8. The molecule has 0 saturated heterocycles. The maximum atomic E-state index is 11.8. The van der Waals surface area contributed by atoms with E-state index in [9.17, 15) is 9.59 Å². The molecule has 8 heteroatoms. The van der Waals surface area contributed by atoms with Gasteiger partial charge in [0.15, 0.2) is 19.2 Å². The molecule has 0 spiro atoms. The van der Waals surface area contributed by atoms with E-state index in [1.54, 1.807) is 24.1 Å². The number of fused-ring (bicyclic) bond motifs is 3. The minimum atomic E-state index is -0.635. The number of carbonyl (C=O) groups excluding carboxylic acids is 2. The van der Waals surface area contributed by atoms with Gasteiger partial charge in [-0.3, -0.25) is 4.79 Å². The van der Waals surface area contributed by atoms with Crippen LogP contribution in [0.5, 0.6) is 0 Å². The van der Waals surface area contributed by atoms with Crippen molar-refractivity contribution < 1.29 is 28.7 Å². The minimum Gasteiger partial charge on any atom is -0.435 e.